The van der Waals surface area contributed by atoms with Crippen LogP contribution in [-0.4, -0.2) is 31.1 Å². The molecule has 0 fully saturated rings. The zero-order valence-electron chi connectivity index (χ0n) is 15.7. The summed E-state index contributed by atoms with van der Waals surface area (Å²) in [5.41, 5.74) is 6.18. The highest BCUT2D eigenvalue weighted by Crippen LogP contribution is 2.29. The van der Waals surface area contributed by atoms with Gasteiger partial charge in [0.2, 0.25) is 0 Å². The van der Waals surface area contributed by atoms with E-state index < -0.39 is 0 Å². The van der Waals surface area contributed by atoms with Crippen LogP contribution >= 0.6 is 0 Å². The summed E-state index contributed by atoms with van der Waals surface area (Å²) in [6, 6.07) is 17.5. The first-order valence-corrected chi connectivity index (χ1v) is 9.24. The molecule has 5 aromatic rings. The van der Waals surface area contributed by atoms with E-state index in [1.165, 1.54) is 0 Å². The summed E-state index contributed by atoms with van der Waals surface area (Å²) in [7, 11) is 0. The molecule has 0 spiro atoms. The maximum atomic E-state index is 13.1. The van der Waals surface area contributed by atoms with E-state index in [0.29, 0.717) is 22.8 Å². The molecule has 142 valence electrons. The monoisotopic (exact) mass is 382 g/mol. The number of anilines is 1. The van der Waals surface area contributed by atoms with Gasteiger partial charge < -0.3 is 15.3 Å². The summed E-state index contributed by atoms with van der Waals surface area (Å²) in [5.74, 6) is 0.412. The molecule has 3 aromatic heterocycles. The summed E-state index contributed by atoms with van der Waals surface area (Å²) in [6.45, 7) is 1.91. The molecule has 0 aliphatic rings. The fourth-order valence-corrected chi connectivity index (χ4v) is 3.46. The number of hydrogen-bond acceptors (Lipinski definition) is 3. The number of H-pyrrole nitrogens is 3. The van der Waals surface area contributed by atoms with Crippen LogP contribution in [0.1, 0.15) is 15.9 Å². The van der Waals surface area contributed by atoms with Gasteiger partial charge in [0.25, 0.3) is 5.91 Å². The van der Waals surface area contributed by atoms with Crippen molar-refractivity contribution in [2.24, 2.45) is 0 Å². The number of imidazole rings is 1. The van der Waals surface area contributed by atoms with Gasteiger partial charge in [-0.2, -0.15) is 5.10 Å². The second kappa shape index (κ2) is 6.79. The van der Waals surface area contributed by atoms with Gasteiger partial charge in [0, 0.05) is 6.20 Å². The average molecular weight is 382 g/mol. The number of para-hydroxylation sites is 2. The van der Waals surface area contributed by atoms with Gasteiger partial charge in [0.15, 0.2) is 5.82 Å². The van der Waals surface area contributed by atoms with E-state index in [-0.39, 0.29) is 5.91 Å². The van der Waals surface area contributed by atoms with E-state index in [1.54, 1.807) is 6.20 Å². The van der Waals surface area contributed by atoms with Crippen LogP contribution < -0.4 is 5.32 Å². The molecule has 29 heavy (non-hydrogen) atoms. The maximum Gasteiger partial charge on any atom is 0.258 e. The van der Waals surface area contributed by atoms with Gasteiger partial charge in [-0.15, -0.1) is 0 Å². The van der Waals surface area contributed by atoms with Gasteiger partial charge >= 0.3 is 0 Å². The van der Waals surface area contributed by atoms with Gasteiger partial charge in [0.1, 0.15) is 5.69 Å². The van der Waals surface area contributed by atoms with Crippen molar-refractivity contribution in [2.45, 2.75) is 6.92 Å². The molecule has 0 aliphatic heterocycles. The van der Waals surface area contributed by atoms with Crippen molar-refractivity contribution < 1.29 is 4.79 Å². The van der Waals surface area contributed by atoms with E-state index in [1.807, 2.05) is 67.7 Å². The Morgan fingerprint density at radius 2 is 1.79 bits per heavy atom. The maximum absolute atomic E-state index is 13.1. The van der Waals surface area contributed by atoms with Crippen LogP contribution in [-0.2, 0) is 0 Å². The largest absolute Gasteiger partial charge is 0.360 e. The number of aromatic amines is 3. The summed E-state index contributed by atoms with van der Waals surface area (Å²) in [5, 5.41) is 10.0. The Bertz CT molecular complexity index is 1280. The molecule has 0 radical (unpaired) electrons. The highest BCUT2D eigenvalue weighted by molar-refractivity contribution is 6.10. The first-order valence-electron chi connectivity index (χ1n) is 9.24. The highest BCUT2D eigenvalue weighted by Gasteiger charge is 2.20. The Morgan fingerprint density at radius 3 is 2.62 bits per heavy atom. The van der Waals surface area contributed by atoms with Crippen LogP contribution in [0.15, 0.2) is 67.0 Å². The summed E-state index contributed by atoms with van der Waals surface area (Å²) >= 11 is 0. The quantitative estimate of drug-likeness (QED) is 0.368. The smallest absolute Gasteiger partial charge is 0.258 e. The SMILES string of the molecule is Cc1c[nH]c(-c2ccccc2)c1C(=O)Nc1cn[nH]c1-c1nc2ccccc2[nH]1. The first-order chi connectivity index (χ1) is 14.2. The summed E-state index contributed by atoms with van der Waals surface area (Å²) in [4.78, 5) is 24.2. The fraction of sp³-hybridized carbons (Fsp3) is 0.0455. The molecular formula is C22H18N6O. The number of aryl methyl sites for hydroxylation is 1. The average Bonchev–Trinajstić information content (AvgIpc) is 3.46. The molecule has 7 nitrogen and oxygen atoms in total. The van der Waals surface area contributed by atoms with Gasteiger partial charge in [-0.25, -0.2) is 4.98 Å². The van der Waals surface area contributed by atoms with E-state index in [2.05, 4.69) is 30.5 Å². The topological polar surface area (TPSA) is 102 Å². The summed E-state index contributed by atoms with van der Waals surface area (Å²) in [6.07, 6.45) is 3.43. The molecule has 0 aliphatic carbocycles. The third-order valence-electron chi connectivity index (χ3n) is 4.88. The first kappa shape index (κ1) is 17.0. The van der Waals surface area contributed by atoms with Crippen molar-refractivity contribution in [2.75, 3.05) is 5.32 Å². The third-order valence-corrected chi connectivity index (χ3v) is 4.88. The molecule has 3 heterocycles. The van der Waals surface area contributed by atoms with Crippen LogP contribution in [0.2, 0.25) is 0 Å². The van der Waals surface area contributed by atoms with E-state index in [9.17, 15) is 4.79 Å². The lowest BCUT2D eigenvalue weighted by molar-refractivity contribution is 0.102. The number of rotatable bonds is 4. The lowest BCUT2D eigenvalue weighted by Gasteiger charge is -2.08. The van der Waals surface area contributed by atoms with Gasteiger partial charge in [-0.1, -0.05) is 42.5 Å². The Hall–Kier alpha value is -4.13. The molecule has 0 saturated heterocycles. The minimum atomic E-state index is -0.207. The van der Waals surface area contributed by atoms with Crippen molar-refractivity contribution in [1.29, 1.82) is 0 Å². The van der Waals surface area contributed by atoms with Crippen LogP contribution in [0.5, 0.6) is 0 Å². The molecule has 1 amide bonds. The number of hydrogen-bond donors (Lipinski definition) is 4. The Balaban J connectivity index is 1.49. The van der Waals surface area contributed by atoms with Crippen molar-refractivity contribution >= 4 is 22.6 Å². The zero-order valence-corrected chi connectivity index (χ0v) is 15.7. The van der Waals surface area contributed by atoms with Crippen molar-refractivity contribution in [1.82, 2.24) is 25.1 Å². The molecule has 2 aromatic carbocycles. The van der Waals surface area contributed by atoms with Crippen molar-refractivity contribution in [3.8, 4) is 22.8 Å². The minimum absolute atomic E-state index is 0.207. The number of carbonyl (C=O) groups excluding carboxylic acids is 1. The predicted molar refractivity (Wildman–Crippen MR) is 113 cm³/mol. The Labute approximate surface area is 166 Å². The molecule has 4 N–H and O–H groups in total. The number of amides is 1. The molecule has 5 rings (SSSR count). The molecule has 0 atom stereocenters. The van der Waals surface area contributed by atoms with Crippen molar-refractivity contribution in [3.63, 3.8) is 0 Å². The highest BCUT2D eigenvalue weighted by atomic mass is 16.1. The molecular weight excluding hydrogens is 364 g/mol. The van der Waals surface area contributed by atoms with E-state index >= 15 is 0 Å². The second-order valence-corrected chi connectivity index (χ2v) is 6.80. The number of aromatic nitrogens is 5. The van der Waals surface area contributed by atoms with Crippen molar-refractivity contribution in [3.05, 3.63) is 78.1 Å². The predicted octanol–water partition coefficient (Wildman–Crippen LogP) is 4.51. The number of nitrogens with one attached hydrogen (secondary N) is 4. The summed E-state index contributed by atoms with van der Waals surface area (Å²) < 4.78 is 0. The molecule has 0 bridgehead atoms. The van der Waals surface area contributed by atoms with Crippen LogP contribution in [0.25, 0.3) is 33.8 Å². The number of benzene rings is 2. The third kappa shape index (κ3) is 2.98. The lowest BCUT2D eigenvalue weighted by Crippen LogP contribution is -2.13. The Morgan fingerprint density at radius 1 is 1.00 bits per heavy atom. The van der Waals surface area contributed by atoms with Crippen LogP contribution in [0, 0.1) is 6.92 Å². The molecule has 0 saturated carbocycles. The fourth-order valence-electron chi connectivity index (χ4n) is 3.46. The Kier molecular flexibility index (Phi) is 3.98. The zero-order chi connectivity index (χ0) is 19.8. The normalized spacial score (nSPS) is 11.1. The van der Waals surface area contributed by atoms with Crippen LogP contribution in [0.4, 0.5) is 5.69 Å². The van der Waals surface area contributed by atoms with E-state index in [4.69, 9.17) is 0 Å². The van der Waals surface area contributed by atoms with Gasteiger partial charge in [-0.05, 0) is 30.2 Å². The second-order valence-electron chi connectivity index (χ2n) is 6.80. The molecule has 7 heteroatoms. The number of nitrogens with zero attached hydrogens (tertiary/aromatic N) is 2. The standard InChI is InChI=1S/C22H18N6O/c1-13-11-23-19(14-7-3-2-4-8-14)18(13)22(29)27-17-12-24-28-20(17)21-25-15-9-5-6-10-16(15)26-21/h2-12,23H,1H3,(H,24,28)(H,25,26)(H,27,29). The van der Waals surface area contributed by atoms with E-state index in [0.717, 1.165) is 27.9 Å². The lowest BCUT2D eigenvalue weighted by atomic mass is 10.0. The van der Waals surface area contributed by atoms with Crippen LogP contribution in [0.3, 0.4) is 0 Å². The van der Waals surface area contributed by atoms with Gasteiger partial charge in [-0.3, -0.25) is 9.89 Å². The number of fused-ring (bicyclic) bond motifs is 1. The molecule has 0 unspecified atom stereocenters. The minimum Gasteiger partial charge on any atom is -0.360 e. The van der Waals surface area contributed by atoms with Gasteiger partial charge in [0.05, 0.1) is 34.2 Å². The number of carbonyl (C=O) groups is 1.